The van der Waals surface area contributed by atoms with E-state index in [2.05, 4.69) is 44.8 Å². The van der Waals surface area contributed by atoms with Crippen LogP contribution >= 0.6 is 24.0 Å². The third kappa shape index (κ3) is 8.39. The summed E-state index contributed by atoms with van der Waals surface area (Å²) < 4.78 is 61.4. The van der Waals surface area contributed by atoms with Gasteiger partial charge in [0.25, 0.3) is 0 Å². The highest BCUT2D eigenvalue weighted by Crippen LogP contribution is 2.30. The predicted molar refractivity (Wildman–Crippen MR) is 127 cm³/mol. The van der Waals surface area contributed by atoms with Crippen LogP contribution in [-0.4, -0.2) is 69.9 Å². The number of nitrogens with one attached hydrogen (secondary N) is 2. The quantitative estimate of drug-likeness (QED) is 0.296. The lowest BCUT2D eigenvalue weighted by Gasteiger charge is -2.31. The maximum absolute atomic E-state index is 12.6. The second kappa shape index (κ2) is 12.2. The smallest absolute Gasteiger partial charge is 0.356 e. The highest BCUT2D eigenvalue weighted by molar-refractivity contribution is 14.0. The van der Waals surface area contributed by atoms with Crippen molar-refractivity contribution in [2.75, 3.05) is 40.8 Å². The Hall–Kier alpha value is -1.12. The van der Waals surface area contributed by atoms with E-state index in [-0.39, 0.29) is 43.0 Å². The third-order valence-electron chi connectivity index (χ3n) is 4.97. The van der Waals surface area contributed by atoms with Crippen molar-refractivity contribution >= 4 is 40.0 Å². The Labute approximate surface area is 199 Å². The lowest BCUT2D eigenvalue weighted by molar-refractivity contribution is -0.0496. The summed E-state index contributed by atoms with van der Waals surface area (Å²) in [6, 6.07) is 8.26. The molecule has 1 aliphatic heterocycles. The van der Waals surface area contributed by atoms with Crippen LogP contribution < -0.4 is 10.6 Å². The van der Waals surface area contributed by atoms with Gasteiger partial charge < -0.3 is 15.5 Å². The molecule has 0 aliphatic carbocycles. The number of hydrogen-bond donors (Lipinski definition) is 2. The van der Waals surface area contributed by atoms with Gasteiger partial charge in [-0.05, 0) is 44.0 Å². The third-order valence-corrected chi connectivity index (χ3v) is 6.60. The first-order valence-corrected chi connectivity index (χ1v) is 11.2. The number of aliphatic imine (C=N–C) groups is 1. The molecule has 0 unspecified atom stereocenters. The average Bonchev–Trinajstić information content (AvgIpc) is 2.68. The Morgan fingerprint density at radius 2 is 1.68 bits per heavy atom. The minimum Gasteiger partial charge on any atom is -0.356 e. The molecule has 1 aliphatic rings. The average molecular weight is 577 g/mol. The van der Waals surface area contributed by atoms with Crippen LogP contribution in [0, 0.1) is 5.92 Å². The highest BCUT2D eigenvalue weighted by Gasteiger charge is 2.50. The van der Waals surface area contributed by atoms with E-state index in [4.69, 9.17) is 0 Å². The van der Waals surface area contributed by atoms with Gasteiger partial charge in [0.1, 0.15) is 0 Å². The molecule has 2 N–H and O–H groups in total. The molecule has 1 aromatic rings. The zero-order chi connectivity index (χ0) is 22.4. The number of rotatable bonds is 7. The fraction of sp³-hybridized carbons (Fsp3) is 0.632. The number of guanidine groups is 1. The molecule has 12 heteroatoms. The molecule has 2 rings (SSSR count). The van der Waals surface area contributed by atoms with Crippen LogP contribution in [0.2, 0.25) is 0 Å². The maximum atomic E-state index is 12.6. The van der Waals surface area contributed by atoms with Crippen LogP contribution in [0.25, 0.3) is 0 Å². The largest absolute Gasteiger partial charge is 0.511 e. The van der Waals surface area contributed by atoms with Gasteiger partial charge in [0, 0.05) is 39.8 Å². The van der Waals surface area contributed by atoms with Gasteiger partial charge in [-0.25, -0.2) is 8.42 Å². The number of alkyl halides is 3. The summed E-state index contributed by atoms with van der Waals surface area (Å²) >= 11 is 0. The Bertz CT molecular complexity index is 809. The van der Waals surface area contributed by atoms with E-state index in [0.717, 1.165) is 12.1 Å². The van der Waals surface area contributed by atoms with Gasteiger partial charge in [0.15, 0.2) is 5.96 Å². The number of nitrogens with zero attached hydrogens (tertiary/aromatic N) is 3. The molecular weight excluding hydrogens is 546 g/mol. The van der Waals surface area contributed by atoms with Gasteiger partial charge in [-0.2, -0.15) is 17.5 Å². The van der Waals surface area contributed by atoms with Crippen molar-refractivity contribution in [3.63, 3.8) is 0 Å². The summed E-state index contributed by atoms with van der Waals surface area (Å²) in [5, 5.41) is 6.38. The van der Waals surface area contributed by atoms with Crippen LogP contribution in [0.15, 0.2) is 29.3 Å². The van der Waals surface area contributed by atoms with Crippen molar-refractivity contribution in [3.8, 4) is 0 Å². The van der Waals surface area contributed by atoms with Gasteiger partial charge in [0.2, 0.25) is 0 Å². The molecular formula is C19H31F3IN5O2S. The van der Waals surface area contributed by atoms with Gasteiger partial charge in [-0.3, -0.25) is 4.99 Å². The first-order valence-electron chi connectivity index (χ1n) is 9.76. The summed E-state index contributed by atoms with van der Waals surface area (Å²) in [7, 11) is 0.449. The minimum absolute atomic E-state index is 0. The van der Waals surface area contributed by atoms with Gasteiger partial charge in [-0.1, -0.05) is 24.3 Å². The Balaban J connectivity index is 0.00000480. The molecule has 7 nitrogen and oxygen atoms in total. The summed E-state index contributed by atoms with van der Waals surface area (Å²) in [5.41, 5.74) is -2.91. The van der Waals surface area contributed by atoms with Crippen LogP contribution in [0.5, 0.6) is 0 Å². The van der Waals surface area contributed by atoms with E-state index in [1.807, 2.05) is 14.1 Å². The van der Waals surface area contributed by atoms with Crippen molar-refractivity contribution in [1.82, 2.24) is 19.8 Å². The maximum Gasteiger partial charge on any atom is 0.511 e. The molecule has 0 aromatic heterocycles. The summed E-state index contributed by atoms with van der Waals surface area (Å²) in [5.74, 6) is 0.672. The fourth-order valence-corrected chi connectivity index (χ4v) is 4.26. The van der Waals surface area contributed by atoms with E-state index in [1.54, 1.807) is 7.05 Å². The van der Waals surface area contributed by atoms with Crippen LogP contribution in [0.4, 0.5) is 13.2 Å². The Kier molecular flexibility index (Phi) is 11.0. The predicted octanol–water partition coefficient (Wildman–Crippen LogP) is 2.59. The van der Waals surface area contributed by atoms with E-state index in [0.29, 0.717) is 36.2 Å². The van der Waals surface area contributed by atoms with Gasteiger partial charge in [0.05, 0.1) is 0 Å². The van der Waals surface area contributed by atoms with E-state index >= 15 is 0 Å². The van der Waals surface area contributed by atoms with Crippen molar-refractivity contribution in [2.24, 2.45) is 10.9 Å². The van der Waals surface area contributed by atoms with Crippen molar-refractivity contribution in [1.29, 1.82) is 0 Å². The van der Waals surface area contributed by atoms with E-state index in [9.17, 15) is 21.6 Å². The number of halogens is 4. The second-order valence-electron chi connectivity index (χ2n) is 7.65. The molecule has 1 fully saturated rings. The summed E-state index contributed by atoms with van der Waals surface area (Å²) in [6.45, 7) is 1.73. The molecule has 0 spiro atoms. The van der Waals surface area contributed by atoms with Crippen molar-refractivity contribution in [2.45, 2.75) is 31.4 Å². The Morgan fingerprint density at radius 1 is 1.13 bits per heavy atom. The number of benzene rings is 1. The molecule has 31 heavy (non-hydrogen) atoms. The molecule has 1 aromatic carbocycles. The molecule has 0 amide bonds. The van der Waals surface area contributed by atoms with Crippen LogP contribution in [0.3, 0.4) is 0 Å². The Morgan fingerprint density at radius 3 is 2.16 bits per heavy atom. The molecule has 1 saturated heterocycles. The zero-order valence-corrected chi connectivity index (χ0v) is 21.1. The normalized spacial score (nSPS) is 16.8. The topological polar surface area (TPSA) is 77.0 Å². The first kappa shape index (κ1) is 27.9. The number of piperidine rings is 1. The minimum atomic E-state index is -5.24. The number of sulfonamides is 1. The van der Waals surface area contributed by atoms with Crippen molar-refractivity contribution < 1.29 is 21.6 Å². The second-order valence-corrected chi connectivity index (χ2v) is 9.58. The lowest BCUT2D eigenvalue weighted by Crippen LogP contribution is -2.47. The van der Waals surface area contributed by atoms with Crippen molar-refractivity contribution in [3.05, 3.63) is 35.4 Å². The molecule has 1 heterocycles. The standard InChI is InChI=1S/C19H30F3N5O2S.HI/c1-23-18(24-12-15-4-6-17(7-5-15)14-26(2)3)25-13-16-8-10-27(11-9-16)30(28,29)19(20,21)22;/h4-7,16H,8-14H2,1-3H3,(H2,23,24,25);1H. The monoisotopic (exact) mass is 577 g/mol. The van der Waals surface area contributed by atoms with E-state index in [1.165, 1.54) is 5.56 Å². The highest BCUT2D eigenvalue weighted by atomic mass is 127. The first-order chi connectivity index (χ1) is 14.0. The molecule has 178 valence electrons. The van der Waals surface area contributed by atoms with Crippen LogP contribution in [-0.2, 0) is 23.1 Å². The van der Waals surface area contributed by atoms with Gasteiger partial charge >= 0.3 is 15.5 Å². The summed E-state index contributed by atoms with van der Waals surface area (Å²) in [6.07, 6.45) is 0.735. The molecule has 0 bridgehead atoms. The van der Waals surface area contributed by atoms with Crippen LogP contribution in [0.1, 0.15) is 24.0 Å². The zero-order valence-electron chi connectivity index (χ0n) is 17.9. The van der Waals surface area contributed by atoms with Gasteiger partial charge in [-0.15, -0.1) is 24.0 Å². The lowest BCUT2D eigenvalue weighted by atomic mass is 9.98. The fourth-order valence-electron chi connectivity index (χ4n) is 3.28. The summed E-state index contributed by atoms with van der Waals surface area (Å²) in [4.78, 5) is 6.26. The molecule has 0 radical (unpaired) electrons. The van der Waals surface area contributed by atoms with E-state index < -0.39 is 15.5 Å². The number of hydrogen-bond acceptors (Lipinski definition) is 4. The molecule has 0 atom stereocenters. The SMILES string of the molecule is CN=C(NCc1ccc(CN(C)C)cc1)NCC1CCN(S(=O)(=O)C(F)(F)F)CC1.I. The molecule has 0 saturated carbocycles.